The monoisotopic (exact) mass is 257 g/mol. The van der Waals surface area contributed by atoms with Gasteiger partial charge in [-0.15, -0.1) is 0 Å². The minimum atomic E-state index is -0.586. The van der Waals surface area contributed by atoms with Gasteiger partial charge in [0.05, 0.1) is 10.3 Å². The van der Waals surface area contributed by atoms with Gasteiger partial charge in [0.15, 0.2) is 0 Å². The van der Waals surface area contributed by atoms with Gasteiger partial charge in [0.1, 0.15) is 11.4 Å². The van der Waals surface area contributed by atoms with Gasteiger partial charge in [-0.1, -0.05) is 27.8 Å². The van der Waals surface area contributed by atoms with Crippen molar-refractivity contribution in [2.75, 3.05) is 5.33 Å². The Morgan fingerprint density at radius 1 is 1.57 bits per heavy atom. The molecule has 72 valence electrons. The van der Waals surface area contributed by atoms with Crippen LogP contribution in [0.1, 0.15) is 5.56 Å². The Morgan fingerprint density at radius 3 is 2.86 bits per heavy atom. The Labute approximate surface area is 88.2 Å². The Morgan fingerprint density at radius 2 is 2.29 bits per heavy atom. The van der Waals surface area contributed by atoms with Crippen LogP contribution in [0.2, 0.25) is 0 Å². The van der Waals surface area contributed by atoms with Gasteiger partial charge in [-0.25, -0.2) is 4.39 Å². The average Bonchev–Trinajstić information content (AvgIpc) is 2.14. The molecule has 1 rings (SSSR count). The summed E-state index contributed by atoms with van der Waals surface area (Å²) in [5, 5.41) is 10.9. The highest BCUT2D eigenvalue weighted by molar-refractivity contribution is 9.09. The zero-order valence-corrected chi connectivity index (χ0v) is 8.54. The van der Waals surface area contributed by atoms with E-state index < -0.39 is 10.7 Å². The zero-order valence-electron chi connectivity index (χ0n) is 6.96. The maximum absolute atomic E-state index is 12.7. The Balaban J connectivity index is 3.22. The lowest BCUT2D eigenvalue weighted by atomic mass is 10.2. The largest absolute Gasteiger partial charge is 0.285 e. The SMILES string of the molecule is O=[N+]([O-])c1ccc(F)cc1C#CCBr. The van der Waals surface area contributed by atoms with Crippen LogP contribution < -0.4 is 0 Å². The highest BCUT2D eigenvalue weighted by Crippen LogP contribution is 2.18. The highest BCUT2D eigenvalue weighted by atomic mass is 79.9. The molecule has 0 fully saturated rings. The lowest BCUT2D eigenvalue weighted by Gasteiger charge is -1.94. The van der Waals surface area contributed by atoms with E-state index in [2.05, 4.69) is 27.8 Å². The van der Waals surface area contributed by atoms with E-state index in [9.17, 15) is 14.5 Å². The van der Waals surface area contributed by atoms with Gasteiger partial charge in [-0.05, 0) is 12.1 Å². The fraction of sp³-hybridized carbons (Fsp3) is 0.111. The molecule has 5 heteroatoms. The molecular formula is C9H5BrFNO2. The van der Waals surface area contributed by atoms with Crippen LogP contribution in [0.5, 0.6) is 0 Å². The second-order valence-electron chi connectivity index (χ2n) is 2.35. The van der Waals surface area contributed by atoms with E-state index in [-0.39, 0.29) is 11.3 Å². The van der Waals surface area contributed by atoms with Crippen LogP contribution in [0, 0.1) is 27.8 Å². The summed E-state index contributed by atoms with van der Waals surface area (Å²) in [6, 6.07) is 3.19. The molecule has 1 aromatic rings. The normalized spacial score (nSPS) is 9.00. The molecule has 0 aromatic heterocycles. The smallest absolute Gasteiger partial charge is 0.258 e. The van der Waals surface area contributed by atoms with E-state index in [1.165, 1.54) is 0 Å². The summed E-state index contributed by atoms with van der Waals surface area (Å²) >= 11 is 3.05. The number of benzene rings is 1. The van der Waals surface area contributed by atoms with Crippen LogP contribution in [-0.4, -0.2) is 10.3 Å². The molecule has 0 aliphatic heterocycles. The van der Waals surface area contributed by atoms with E-state index in [4.69, 9.17) is 0 Å². The van der Waals surface area contributed by atoms with Crippen molar-refractivity contribution in [3.05, 3.63) is 39.7 Å². The Hall–Kier alpha value is -1.41. The van der Waals surface area contributed by atoms with Crippen molar-refractivity contribution in [1.82, 2.24) is 0 Å². The third-order valence-corrected chi connectivity index (χ3v) is 1.73. The number of alkyl halides is 1. The van der Waals surface area contributed by atoms with Gasteiger partial charge in [0.25, 0.3) is 5.69 Å². The standard InChI is InChI=1S/C9H5BrFNO2/c10-5-1-2-7-6-8(11)3-4-9(7)12(13)14/h3-4,6H,5H2. The van der Waals surface area contributed by atoms with Crippen molar-refractivity contribution in [2.24, 2.45) is 0 Å². The molecule has 0 saturated heterocycles. The van der Waals surface area contributed by atoms with Crippen molar-refractivity contribution >= 4 is 21.6 Å². The fourth-order valence-corrected chi connectivity index (χ4v) is 1.04. The molecule has 0 saturated carbocycles. The number of rotatable bonds is 1. The molecule has 0 bridgehead atoms. The average molecular weight is 258 g/mol. The number of nitro groups is 1. The lowest BCUT2D eigenvalue weighted by Crippen LogP contribution is -1.92. The lowest BCUT2D eigenvalue weighted by molar-refractivity contribution is -0.385. The molecule has 0 amide bonds. The Bertz CT molecular complexity index is 423. The van der Waals surface area contributed by atoms with E-state index in [0.29, 0.717) is 5.33 Å². The first-order chi connectivity index (χ1) is 6.65. The van der Waals surface area contributed by atoms with Crippen molar-refractivity contribution in [3.8, 4) is 11.8 Å². The van der Waals surface area contributed by atoms with E-state index in [1.54, 1.807) is 0 Å². The first kappa shape index (κ1) is 10.7. The molecule has 0 N–H and O–H groups in total. The van der Waals surface area contributed by atoms with Gasteiger partial charge in [0.2, 0.25) is 0 Å². The molecule has 1 aromatic carbocycles. The van der Waals surface area contributed by atoms with Crippen LogP contribution in [0.15, 0.2) is 18.2 Å². The number of hydrogen-bond acceptors (Lipinski definition) is 2. The third-order valence-electron chi connectivity index (χ3n) is 1.45. The van der Waals surface area contributed by atoms with Gasteiger partial charge >= 0.3 is 0 Å². The zero-order chi connectivity index (χ0) is 10.6. The van der Waals surface area contributed by atoms with Crippen LogP contribution in [-0.2, 0) is 0 Å². The molecule has 0 heterocycles. The van der Waals surface area contributed by atoms with E-state index in [1.807, 2.05) is 0 Å². The van der Waals surface area contributed by atoms with Crippen LogP contribution >= 0.6 is 15.9 Å². The van der Waals surface area contributed by atoms with Gasteiger partial charge in [-0.2, -0.15) is 0 Å². The van der Waals surface area contributed by atoms with Crippen molar-refractivity contribution in [2.45, 2.75) is 0 Å². The minimum absolute atomic E-state index is 0.0921. The molecule has 0 aliphatic carbocycles. The molecule has 14 heavy (non-hydrogen) atoms. The summed E-state index contributed by atoms with van der Waals surface area (Å²) < 4.78 is 12.7. The number of nitrogens with zero attached hydrogens (tertiary/aromatic N) is 1. The molecule has 0 radical (unpaired) electrons. The van der Waals surface area contributed by atoms with Crippen molar-refractivity contribution < 1.29 is 9.31 Å². The van der Waals surface area contributed by atoms with Crippen LogP contribution in [0.4, 0.5) is 10.1 Å². The summed E-state index contributed by atoms with van der Waals surface area (Å²) in [5.74, 6) is 4.56. The van der Waals surface area contributed by atoms with Crippen LogP contribution in [0.3, 0.4) is 0 Å². The highest BCUT2D eigenvalue weighted by Gasteiger charge is 2.11. The van der Waals surface area contributed by atoms with Gasteiger partial charge in [0, 0.05) is 6.07 Å². The fourth-order valence-electron chi connectivity index (χ4n) is 0.896. The van der Waals surface area contributed by atoms with Gasteiger partial charge < -0.3 is 0 Å². The second kappa shape index (κ2) is 4.72. The molecular weight excluding hydrogens is 253 g/mol. The van der Waals surface area contributed by atoms with Crippen LogP contribution in [0.25, 0.3) is 0 Å². The predicted molar refractivity (Wildman–Crippen MR) is 53.7 cm³/mol. The maximum atomic E-state index is 12.7. The summed E-state index contributed by atoms with van der Waals surface area (Å²) in [6.07, 6.45) is 0. The third kappa shape index (κ3) is 2.54. The predicted octanol–water partition coefficient (Wildman–Crippen LogP) is 2.48. The molecule has 0 atom stereocenters. The van der Waals surface area contributed by atoms with E-state index >= 15 is 0 Å². The summed E-state index contributed by atoms with van der Waals surface area (Å²) in [5.41, 5.74) is -0.0886. The number of hydrogen-bond donors (Lipinski definition) is 0. The molecule has 3 nitrogen and oxygen atoms in total. The summed E-state index contributed by atoms with van der Waals surface area (Å²) in [6.45, 7) is 0. The molecule has 0 spiro atoms. The first-order valence-electron chi connectivity index (χ1n) is 3.64. The second-order valence-corrected chi connectivity index (χ2v) is 2.91. The van der Waals surface area contributed by atoms with Gasteiger partial charge in [-0.3, -0.25) is 10.1 Å². The molecule has 0 aliphatic rings. The summed E-state index contributed by atoms with van der Waals surface area (Å²) in [4.78, 5) is 9.91. The summed E-state index contributed by atoms with van der Waals surface area (Å²) in [7, 11) is 0. The topological polar surface area (TPSA) is 43.1 Å². The maximum Gasteiger partial charge on any atom is 0.285 e. The number of halogens is 2. The molecule has 0 unspecified atom stereocenters. The van der Waals surface area contributed by atoms with Crippen molar-refractivity contribution in [3.63, 3.8) is 0 Å². The quantitative estimate of drug-likeness (QED) is 0.336. The first-order valence-corrected chi connectivity index (χ1v) is 4.76. The van der Waals surface area contributed by atoms with E-state index in [0.717, 1.165) is 18.2 Å². The Kier molecular flexibility index (Phi) is 3.60. The minimum Gasteiger partial charge on any atom is -0.258 e. The number of nitro benzene ring substituents is 1. The van der Waals surface area contributed by atoms with Crippen molar-refractivity contribution in [1.29, 1.82) is 0 Å².